The van der Waals surface area contributed by atoms with Gasteiger partial charge in [0.1, 0.15) is 0 Å². The molecule has 0 N–H and O–H groups in total. The van der Waals surface area contributed by atoms with Crippen LogP contribution in [-0.4, -0.2) is 23.1 Å². The van der Waals surface area contributed by atoms with Crippen molar-refractivity contribution in [1.29, 1.82) is 0 Å². The van der Waals surface area contributed by atoms with E-state index in [1.807, 2.05) is 18.2 Å². The highest BCUT2D eigenvalue weighted by atomic mass is 16.2. The summed E-state index contributed by atoms with van der Waals surface area (Å²) in [6, 6.07) is 0.345. The molecule has 28 heavy (non-hydrogen) atoms. The topological polar surface area (TPSA) is 66.2 Å². The number of aryl methyl sites for hydroxylation is 2. The summed E-state index contributed by atoms with van der Waals surface area (Å²) >= 11 is 0. The molecule has 0 unspecified atom stereocenters. The summed E-state index contributed by atoms with van der Waals surface area (Å²) in [6.45, 7) is 13.3. The predicted molar refractivity (Wildman–Crippen MR) is 111 cm³/mol. The molecular formula is C21H31N5O2. The van der Waals surface area contributed by atoms with Crippen LogP contribution in [0, 0.1) is 25.2 Å². The average Bonchev–Trinajstić information content (AvgIpc) is 3.08. The Morgan fingerprint density at radius 1 is 1.14 bits per heavy atom. The van der Waals surface area contributed by atoms with Gasteiger partial charge in [0.2, 0.25) is 5.78 Å². The molecule has 7 nitrogen and oxygen atoms in total. The van der Waals surface area contributed by atoms with Crippen LogP contribution in [0.3, 0.4) is 0 Å². The van der Waals surface area contributed by atoms with Crippen molar-refractivity contribution in [2.24, 2.45) is 18.4 Å². The Morgan fingerprint density at radius 3 is 2.43 bits per heavy atom. The SMILES string of the molecule is CCn1c(=O)c2c(nc3n([C@@H]4C[C@@H](C)CC(C)(C)C4)c(C)c(C)n23)n(C)c1=O. The Hall–Kier alpha value is -2.31. The molecule has 3 aromatic heterocycles. The first-order valence-electron chi connectivity index (χ1n) is 10.3. The van der Waals surface area contributed by atoms with Crippen molar-refractivity contribution < 1.29 is 0 Å². The van der Waals surface area contributed by atoms with E-state index in [0.717, 1.165) is 30.0 Å². The van der Waals surface area contributed by atoms with Gasteiger partial charge in [0.05, 0.1) is 0 Å². The summed E-state index contributed by atoms with van der Waals surface area (Å²) in [5.41, 5.74) is 2.84. The van der Waals surface area contributed by atoms with Crippen molar-refractivity contribution in [3.63, 3.8) is 0 Å². The number of aromatic nitrogens is 5. The predicted octanol–water partition coefficient (Wildman–Crippen LogP) is 3.17. The second-order valence-electron chi connectivity index (χ2n) is 9.42. The van der Waals surface area contributed by atoms with Crippen molar-refractivity contribution in [1.82, 2.24) is 23.1 Å². The number of hydrogen-bond donors (Lipinski definition) is 0. The average molecular weight is 386 g/mol. The quantitative estimate of drug-likeness (QED) is 0.680. The van der Waals surface area contributed by atoms with Gasteiger partial charge in [-0.15, -0.1) is 0 Å². The van der Waals surface area contributed by atoms with Gasteiger partial charge in [0.25, 0.3) is 5.56 Å². The molecule has 0 radical (unpaired) electrons. The fourth-order valence-corrected chi connectivity index (χ4v) is 5.48. The first-order chi connectivity index (χ1) is 13.1. The van der Waals surface area contributed by atoms with Crippen molar-refractivity contribution >= 4 is 16.9 Å². The minimum Gasteiger partial charge on any atom is -0.311 e. The molecule has 7 heteroatoms. The molecular weight excluding hydrogens is 354 g/mol. The van der Waals surface area contributed by atoms with Crippen LogP contribution >= 0.6 is 0 Å². The van der Waals surface area contributed by atoms with E-state index in [-0.39, 0.29) is 16.7 Å². The van der Waals surface area contributed by atoms with E-state index < -0.39 is 0 Å². The Kier molecular flexibility index (Phi) is 4.14. The zero-order valence-electron chi connectivity index (χ0n) is 18.0. The number of hydrogen-bond acceptors (Lipinski definition) is 3. The minimum absolute atomic E-state index is 0.259. The fraction of sp³-hybridized carbons (Fsp3) is 0.667. The molecule has 3 aromatic rings. The van der Waals surface area contributed by atoms with E-state index in [4.69, 9.17) is 4.98 Å². The zero-order valence-corrected chi connectivity index (χ0v) is 18.0. The number of imidazole rings is 2. The van der Waals surface area contributed by atoms with Crippen molar-refractivity contribution in [2.45, 2.75) is 73.4 Å². The van der Waals surface area contributed by atoms with E-state index in [0.29, 0.717) is 29.7 Å². The van der Waals surface area contributed by atoms with Crippen LogP contribution in [0.1, 0.15) is 64.4 Å². The van der Waals surface area contributed by atoms with Crippen LogP contribution in [0.15, 0.2) is 9.59 Å². The molecule has 1 aliphatic carbocycles. The molecule has 0 saturated heterocycles. The molecule has 0 bridgehead atoms. The Morgan fingerprint density at radius 2 is 1.82 bits per heavy atom. The van der Waals surface area contributed by atoms with Gasteiger partial charge in [-0.3, -0.25) is 18.3 Å². The first-order valence-corrected chi connectivity index (χ1v) is 10.3. The van der Waals surface area contributed by atoms with Gasteiger partial charge < -0.3 is 4.57 Å². The molecule has 0 spiro atoms. The molecule has 1 aliphatic rings. The largest absolute Gasteiger partial charge is 0.332 e. The Labute approximate surface area is 164 Å². The van der Waals surface area contributed by atoms with Gasteiger partial charge in [-0.2, -0.15) is 4.98 Å². The van der Waals surface area contributed by atoms with Crippen molar-refractivity contribution in [2.75, 3.05) is 0 Å². The van der Waals surface area contributed by atoms with Gasteiger partial charge in [-0.05, 0) is 51.4 Å². The lowest BCUT2D eigenvalue weighted by Gasteiger charge is -2.40. The van der Waals surface area contributed by atoms with E-state index in [1.54, 1.807) is 7.05 Å². The van der Waals surface area contributed by atoms with Crippen LogP contribution < -0.4 is 11.2 Å². The summed E-state index contributed by atoms with van der Waals surface area (Å²) < 4.78 is 7.06. The highest BCUT2D eigenvalue weighted by molar-refractivity contribution is 5.76. The number of rotatable bonds is 2. The third kappa shape index (κ3) is 2.51. The van der Waals surface area contributed by atoms with Crippen molar-refractivity contribution in [3.05, 3.63) is 32.2 Å². The highest BCUT2D eigenvalue weighted by Gasteiger charge is 2.35. The van der Waals surface area contributed by atoms with E-state index >= 15 is 0 Å². The maximum absolute atomic E-state index is 13.1. The fourth-order valence-electron chi connectivity index (χ4n) is 5.48. The lowest BCUT2D eigenvalue weighted by Crippen LogP contribution is -2.38. The zero-order chi connectivity index (χ0) is 20.5. The highest BCUT2D eigenvalue weighted by Crippen LogP contribution is 2.45. The molecule has 3 heterocycles. The second-order valence-corrected chi connectivity index (χ2v) is 9.42. The lowest BCUT2D eigenvalue weighted by atomic mass is 9.70. The second kappa shape index (κ2) is 6.09. The monoisotopic (exact) mass is 385 g/mol. The summed E-state index contributed by atoms with van der Waals surface area (Å²) in [7, 11) is 1.70. The Bertz CT molecular complexity index is 1200. The van der Waals surface area contributed by atoms with Crippen LogP contribution in [0.4, 0.5) is 0 Å². The van der Waals surface area contributed by atoms with Crippen LogP contribution in [0.25, 0.3) is 16.9 Å². The van der Waals surface area contributed by atoms with Crippen LogP contribution in [0.5, 0.6) is 0 Å². The Balaban J connectivity index is 2.08. The summed E-state index contributed by atoms with van der Waals surface area (Å²) in [6.07, 6.45) is 3.42. The van der Waals surface area contributed by atoms with Crippen LogP contribution in [0.2, 0.25) is 0 Å². The third-order valence-corrected chi connectivity index (χ3v) is 6.61. The normalized spacial score (nSPS) is 22.4. The standard InChI is InChI=1S/C21H31N5O2/c1-8-24-18(27)16-17(23(7)20(24)28)22-19-25(13(3)14(4)26(16)19)15-9-12(2)10-21(5,6)11-15/h12,15H,8-11H2,1-7H3/t12-,15-/m1/s1. The van der Waals surface area contributed by atoms with Gasteiger partial charge >= 0.3 is 5.69 Å². The van der Waals surface area contributed by atoms with Gasteiger partial charge in [0, 0.05) is 31.0 Å². The first kappa shape index (κ1) is 19.0. The van der Waals surface area contributed by atoms with Gasteiger partial charge in [-0.1, -0.05) is 20.8 Å². The maximum atomic E-state index is 13.1. The van der Waals surface area contributed by atoms with Crippen molar-refractivity contribution in [3.8, 4) is 0 Å². The molecule has 2 atom stereocenters. The van der Waals surface area contributed by atoms with E-state index in [1.165, 1.54) is 15.6 Å². The van der Waals surface area contributed by atoms with E-state index in [2.05, 4.69) is 32.3 Å². The third-order valence-electron chi connectivity index (χ3n) is 6.61. The molecule has 1 fully saturated rings. The van der Waals surface area contributed by atoms with Crippen LogP contribution in [-0.2, 0) is 13.6 Å². The molecule has 0 amide bonds. The summed E-state index contributed by atoms with van der Waals surface area (Å²) in [5, 5.41) is 0. The molecule has 0 aromatic carbocycles. The molecule has 1 saturated carbocycles. The van der Waals surface area contributed by atoms with E-state index in [9.17, 15) is 9.59 Å². The van der Waals surface area contributed by atoms with Gasteiger partial charge in [0.15, 0.2) is 11.2 Å². The number of nitrogens with zero attached hydrogens (tertiary/aromatic N) is 5. The molecule has 152 valence electrons. The maximum Gasteiger partial charge on any atom is 0.332 e. The molecule has 4 rings (SSSR count). The van der Waals surface area contributed by atoms with Gasteiger partial charge in [-0.25, -0.2) is 4.79 Å². The molecule has 0 aliphatic heterocycles. The minimum atomic E-state index is -0.311. The smallest absolute Gasteiger partial charge is 0.311 e. The lowest BCUT2D eigenvalue weighted by molar-refractivity contribution is 0.138. The summed E-state index contributed by atoms with van der Waals surface area (Å²) in [4.78, 5) is 30.5. The summed E-state index contributed by atoms with van der Waals surface area (Å²) in [5.74, 6) is 1.42. The number of fused-ring (bicyclic) bond motifs is 3.